The number of rotatable bonds is 1. The van der Waals surface area contributed by atoms with E-state index in [2.05, 4.69) is 109 Å². The Bertz CT molecular complexity index is 1120. The molecule has 2 aromatic carbocycles. The van der Waals surface area contributed by atoms with E-state index in [0.29, 0.717) is 0 Å². The smallest absolute Gasteiger partial charge is 0.00258 e. The van der Waals surface area contributed by atoms with E-state index in [9.17, 15) is 0 Å². The highest BCUT2D eigenvalue weighted by Gasteiger charge is 2.40. The minimum atomic E-state index is 0.771. The number of hydrogen-bond donors (Lipinski definition) is 0. The third kappa shape index (κ3) is 7.19. The molecule has 2 aromatic rings. The molecule has 0 radical (unpaired) electrons. The summed E-state index contributed by atoms with van der Waals surface area (Å²) in [5, 5.41) is 2.86. The molecule has 2 atom stereocenters. The lowest BCUT2D eigenvalue weighted by atomic mass is 9.93. The molecule has 0 spiro atoms. The second-order valence-corrected chi connectivity index (χ2v) is 7.80. The standard InChI is InChI=1S/C17H14.C11H10.3C2H6/c1-2-6-12(7-3-1)17-15-9-5-4-8-13(15)10-14-11-16(14)17;1-2-6-11-8-4-3-7-10(5-1)9-11;3*1-2/h1-10,14,16H,11H2;1-8H,9H2;3*1-2H3. The lowest BCUT2D eigenvalue weighted by Gasteiger charge is -2.11. The highest BCUT2D eigenvalue weighted by Crippen LogP contribution is 2.48. The molecule has 4 aliphatic carbocycles. The summed E-state index contributed by atoms with van der Waals surface area (Å²) >= 11 is 0. The predicted octanol–water partition coefficient (Wildman–Crippen LogP) is 8.32. The van der Waals surface area contributed by atoms with Crippen LogP contribution in [0.1, 0.15) is 59.9 Å². The fraction of sp³-hybridized carbons (Fsp3) is 0.294. The Kier molecular flexibility index (Phi) is 11.9. The average Bonchev–Trinajstić information content (AvgIpc) is 3.76. The van der Waals surface area contributed by atoms with Crippen LogP contribution >= 0.6 is 0 Å². The Morgan fingerprint density at radius 2 is 1.18 bits per heavy atom. The van der Waals surface area contributed by atoms with Gasteiger partial charge >= 0.3 is 0 Å². The van der Waals surface area contributed by atoms with Crippen LogP contribution in [-0.4, -0.2) is 0 Å². The molecule has 0 amide bonds. The molecule has 0 aliphatic heterocycles. The first-order valence-corrected chi connectivity index (χ1v) is 13.2. The van der Waals surface area contributed by atoms with E-state index in [-0.39, 0.29) is 0 Å². The normalized spacial score (nSPS) is 19.4. The molecule has 0 heterocycles. The van der Waals surface area contributed by atoms with Gasteiger partial charge in [0, 0.05) is 0 Å². The molecular weight excluding hydrogens is 408 g/mol. The summed E-state index contributed by atoms with van der Waals surface area (Å²) in [4.78, 5) is 0. The van der Waals surface area contributed by atoms with Crippen molar-refractivity contribution in [1.82, 2.24) is 0 Å². The van der Waals surface area contributed by atoms with Gasteiger partial charge in [-0.1, -0.05) is 151 Å². The molecular formula is C34H42. The number of allylic oxidation sites excluding steroid dienone is 10. The van der Waals surface area contributed by atoms with Gasteiger partial charge in [0.1, 0.15) is 0 Å². The molecule has 0 nitrogen and oxygen atoms in total. The maximum absolute atomic E-state index is 2.45. The summed E-state index contributed by atoms with van der Waals surface area (Å²) in [6.45, 7) is 12.0. The Labute approximate surface area is 208 Å². The average molecular weight is 451 g/mol. The lowest BCUT2D eigenvalue weighted by Crippen LogP contribution is -2.30. The summed E-state index contributed by atoms with van der Waals surface area (Å²) in [7, 11) is 0. The Hall–Kier alpha value is -3.12. The van der Waals surface area contributed by atoms with Crippen molar-refractivity contribution in [2.75, 3.05) is 0 Å². The molecule has 178 valence electrons. The van der Waals surface area contributed by atoms with E-state index in [1.165, 1.54) is 33.6 Å². The number of benzene rings is 2. The van der Waals surface area contributed by atoms with Gasteiger partial charge in [-0.25, -0.2) is 0 Å². The predicted molar refractivity (Wildman–Crippen MR) is 153 cm³/mol. The van der Waals surface area contributed by atoms with Crippen molar-refractivity contribution in [1.29, 1.82) is 0 Å². The molecule has 1 saturated carbocycles. The van der Waals surface area contributed by atoms with Gasteiger partial charge in [0.25, 0.3) is 0 Å². The Morgan fingerprint density at radius 3 is 1.79 bits per heavy atom. The van der Waals surface area contributed by atoms with E-state index in [0.717, 1.165) is 18.3 Å². The fourth-order valence-electron chi connectivity index (χ4n) is 4.34. The fourth-order valence-corrected chi connectivity index (χ4v) is 4.34. The third-order valence-electron chi connectivity index (χ3n) is 5.81. The van der Waals surface area contributed by atoms with E-state index < -0.39 is 0 Å². The summed E-state index contributed by atoms with van der Waals surface area (Å²) in [6.07, 6.45) is 21.8. The molecule has 0 heteroatoms. The van der Waals surface area contributed by atoms with E-state index in [1.807, 2.05) is 41.5 Å². The second kappa shape index (κ2) is 14.9. The van der Waals surface area contributed by atoms with E-state index in [1.54, 1.807) is 5.57 Å². The largest absolute Gasteiger partial charge is 0.0729 e. The van der Waals surface area contributed by atoms with Crippen molar-refractivity contribution in [3.8, 4) is 0 Å². The van der Waals surface area contributed by atoms with Gasteiger partial charge in [0.2, 0.25) is 0 Å². The molecule has 0 saturated heterocycles. The second-order valence-electron chi connectivity index (χ2n) is 7.80. The van der Waals surface area contributed by atoms with Crippen LogP contribution in [0.2, 0.25) is 0 Å². The quantitative estimate of drug-likeness (QED) is 0.410. The van der Waals surface area contributed by atoms with Crippen LogP contribution in [0.15, 0.2) is 114 Å². The topological polar surface area (TPSA) is 0 Å². The minimum Gasteiger partial charge on any atom is -0.0729 e. The summed E-state index contributed by atoms with van der Waals surface area (Å²) in [5.74, 6) is 1.56. The van der Waals surface area contributed by atoms with Crippen LogP contribution in [0, 0.1) is 11.8 Å². The van der Waals surface area contributed by atoms with Crippen LogP contribution in [-0.2, 0) is 0 Å². The van der Waals surface area contributed by atoms with Crippen molar-refractivity contribution in [3.05, 3.63) is 130 Å². The van der Waals surface area contributed by atoms with E-state index >= 15 is 0 Å². The van der Waals surface area contributed by atoms with Crippen molar-refractivity contribution in [2.45, 2.75) is 54.4 Å². The molecule has 34 heavy (non-hydrogen) atoms. The molecule has 2 bridgehead atoms. The van der Waals surface area contributed by atoms with Crippen LogP contribution in [0.5, 0.6) is 0 Å². The third-order valence-corrected chi connectivity index (χ3v) is 5.81. The molecule has 1 fully saturated rings. The van der Waals surface area contributed by atoms with Crippen LogP contribution < -0.4 is 10.4 Å². The van der Waals surface area contributed by atoms with Crippen molar-refractivity contribution in [2.24, 2.45) is 11.8 Å². The molecule has 4 aliphatic rings. The zero-order chi connectivity index (χ0) is 24.8. The summed E-state index contributed by atoms with van der Waals surface area (Å²) in [5.41, 5.74) is 5.74. The van der Waals surface area contributed by atoms with Gasteiger partial charge in [-0.2, -0.15) is 0 Å². The SMILES string of the molecule is C1=CC=C2C=CC=CC(=C1)C2.C1=c2ccccc2=C(c2ccccc2)C2CC12.CC.CC.CC. The zero-order valence-corrected chi connectivity index (χ0v) is 22.0. The Balaban J connectivity index is 0.000000209. The maximum atomic E-state index is 2.45. The first-order chi connectivity index (χ1) is 16.9. The molecule has 0 aromatic heterocycles. The van der Waals surface area contributed by atoms with Crippen LogP contribution in [0.25, 0.3) is 11.6 Å². The van der Waals surface area contributed by atoms with Crippen molar-refractivity contribution in [3.63, 3.8) is 0 Å². The first kappa shape index (κ1) is 27.1. The summed E-state index contributed by atoms with van der Waals surface area (Å²) < 4.78 is 0. The monoisotopic (exact) mass is 450 g/mol. The van der Waals surface area contributed by atoms with Gasteiger partial charge in [-0.05, 0) is 57.4 Å². The van der Waals surface area contributed by atoms with Crippen molar-refractivity contribution >= 4 is 11.6 Å². The van der Waals surface area contributed by atoms with Crippen LogP contribution in [0.4, 0.5) is 0 Å². The van der Waals surface area contributed by atoms with Crippen molar-refractivity contribution < 1.29 is 0 Å². The van der Waals surface area contributed by atoms with Gasteiger partial charge in [0.15, 0.2) is 0 Å². The van der Waals surface area contributed by atoms with E-state index in [4.69, 9.17) is 0 Å². The zero-order valence-electron chi connectivity index (χ0n) is 22.0. The number of hydrogen-bond acceptors (Lipinski definition) is 0. The number of fused-ring (bicyclic) bond motifs is 4. The molecule has 2 unspecified atom stereocenters. The Morgan fingerprint density at radius 1 is 0.618 bits per heavy atom. The molecule has 6 rings (SSSR count). The molecule has 0 N–H and O–H groups in total. The highest BCUT2D eigenvalue weighted by atomic mass is 14.4. The highest BCUT2D eigenvalue weighted by molar-refractivity contribution is 5.73. The summed E-state index contributed by atoms with van der Waals surface area (Å²) in [6, 6.07) is 19.7. The van der Waals surface area contributed by atoms with Gasteiger partial charge < -0.3 is 0 Å². The van der Waals surface area contributed by atoms with Crippen LogP contribution in [0.3, 0.4) is 0 Å². The van der Waals surface area contributed by atoms with Gasteiger partial charge in [0.05, 0.1) is 0 Å². The van der Waals surface area contributed by atoms with Gasteiger partial charge in [-0.3, -0.25) is 0 Å². The van der Waals surface area contributed by atoms with Gasteiger partial charge in [-0.15, -0.1) is 0 Å². The minimum absolute atomic E-state index is 0.771. The maximum Gasteiger partial charge on any atom is -0.00258 e. The first-order valence-electron chi connectivity index (χ1n) is 13.2. The lowest BCUT2D eigenvalue weighted by molar-refractivity contribution is 1.02.